The summed E-state index contributed by atoms with van der Waals surface area (Å²) in [5.74, 6) is 0.380. The molecular weight excluding hydrogens is 212 g/mol. The highest BCUT2D eigenvalue weighted by Crippen LogP contribution is 2.15. The SMILES string of the molecule is CCN(CC#N)C(=O)c1ccc(C(C)C)cc1. The second-order valence-electron chi connectivity index (χ2n) is 4.25. The summed E-state index contributed by atoms with van der Waals surface area (Å²) in [6, 6.07) is 9.61. The molecule has 3 heteroatoms. The van der Waals surface area contributed by atoms with Gasteiger partial charge in [0.05, 0.1) is 6.07 Å². The molecule has 0 atom stereocenters. The minimum Gasteiger partial charge on any atom is -0.326 e. The molecule has 0 spiro atoms. The summed E-state index contributed by atoms with van der Waals surface area (Å²) in [5, 5.41) is 8.64. The van der Waals surface area contributed by atoms with E-state index in [4.69, 9.17) is 5.26 Å². The molecule has 0 radical (unpaired) electrons. The molecule has 1 rings (SSSR count). The zero-order valence-corrected chi connectivity index (χ0v) is 10.6. The number of carbonyl (C=O) groups excluding carboxylic acids is 1. The van der Waals surface area contributed by atoms with Crippen molar-refractivity contribution >= 4 is 5.91 Å². The van der Waals surface area contributed by atoms with Crippen molar-refractivity contribution in [3.8, 4) is 6.07 Å². The van der Waals surface area contributed by atoms with Gasteiger partial charge in [-0.1, -0.05) is 26.0 Å². The van der Waals surface area contributed by atoms with Crippen LogP contribution in [-0.4, -0.2) is 23.9 Å². The van der Waals surface area contributed by atoms with Crippen LogP contribution in [0.5, 0.6) is 0 Å². The van der Waals surface area contributed by atoms with Crippen LogP contribution in [0.25, 0.3) is 0 Å². The first-order chi connectivity index (χ1) is 8.10. The molecule has 0 aliphatic rings. The van der Waals surface area contributed by atoms with E-state index in [1.807, 2.05) is 37.3 Å². The first-order valence-electron chi connectivity index (χ1n) is 5.86. The Labute approximate surface area is 103 Å². The third kappa shape index (κ3) is 3.32. The van der Waals surface area contributed by atoms with Gasteiger partial charge in [-0.3, -0.25) is 4.79 Å². The van der Waals surface area contributed by atoms with Gasteiger partial charge in [0.15, 0.2) is 0 Å². The quantitative estimate of drug-likeness (QED) is 0.746. The van der Waals surface area contributed by atoms with Gasteiger partial charge in [0.25, 0.3) is 5.91 Å². The first-order valence-corrected chi connectivity index (χ1v) is 5.86. The molecule has 1 aromatic rings. The molecule has 0 aliphatic carbocycles. The van der Waals surface area contributed by atoms with Crippen molar-refractivity contribution in [2.24, 2.45) is 0 Å². The average molecular weight is 230 g/mol. The zero-order valence-electron chi connectivity index (χ0n) is 10.6. The third-order valence-corrected chi connectivity index (χ3v) is 2.75. The highest BCUT2D eigenvalue weighted by molar-refractivity contribution is 5.94. The molecule has 0 saturated heterocycles. The Morgan fingerprint density at radius 2 is 1.94 bits per heavy atom. The molecule has 90 valence electrons. The third-order valence-electron chi connectivity index (χ3n) is 2.75. The van der Waals surface area contributed by atoms with Gasteiger partial charge in [-0.2, -0.15) is 5.26 Å². The van der Waals surface area contributed by atoms with Gasteiger partial charge in [0.1, 0.15) is 6.54 Å². The Morgan fingerprint density at radius 3 is 2.35 bits per heavy atom. The van der Waals surface area contributed by atoms with Gasteiger partial charge in [0.2, 0.25) is 0 Å². The predicted octanol–water partition coefficient (Wildman–Crippen LogP) is 2.80. The van der Waals surface area contributed by atoms with Crippen LogP contribution in [0, 0.1) is 11.3 Å². The van der Waals surface area contributed by atoms with E-state index >= 15 is 0 Å². The van der Waals surface area contributed by atoms with Crippen molar-refractivity contribution in [3.05, 3.63) is 35.4 Å². The zero-order chi connectivity index (χ0) is 12.8. The van der Waals surface area contributed by atoms with Crippen LogP contribution in [-0.2, 0) is 0 Å². The molecule has 0 N–H and O–H groups in total. The highest BCUT2D eigenvalue weighted by atomic mass is 16.2. The van der Waals surface area contributed by atoms with Crippen LogP contribution >= 0.6 is 0 Å². The van der Waals surface area contributed by atoms with E-state index in [1.54, 1.807) is 0 Å². The smallest absolute Gasteiger partial charge is 0.254 e. The van der Waals surface area contributed by atoms with Crippen LogP contribution < -0.4 is 0 Å². The van der Waals surface area contributed by atoms with Crippen LogP contribution in [0.2, 0.25) is 0 Å². The number of amides is 1. The van der Waals surface area contributed by atoms with E-state index in [-0.39, 0.29) is 12.5 Å². The largest absolute Gasteiger partial charge is 0.326 e. The van der Waals surface area contributed by atoms with E-state index < -0.39 is 0 Å². The minimum atomic E-state index is -0.0793. The fraction of sp³-hybridized carbons (Fsp3) is 0.429. The van der Waals surface area contributed by atoms with Gasteiger partial charge >= 0.3 is 0 Å². The maximum atomic E-state index is 12.0. The number of carbonyl (C=O) groups is 1. The number of rotatable bonds is 4. The molecule has 1 amide bonds. The van der Waals surface area contributed by atoms with Crippen molar-refractivity contribution in [3.63, 3.8) is 0 Å². The highest BCUT2D eigenvalue weighted by Gasteiger charge is 2.13. The summed E-state index contributed by atoms with van der Waals surface area (Å²) in [6.45, 7) is 6.80. The Morgan fingerprint density at radius 1 is 1.35 bits per heavy atom. The fourth-order valence-electron chi connectivity index (χ4n) is 1.61. The lowest BCUT2D eigenvalue weighted by molar-refractivity contribution is 0.0784. The predicted molar refractivity (Wildman–Crippen MR) is 67.7 cm³/mol. The van der Waals surface area contributed by atoms with Crippen LogP contribution in [0.15, 0.2) is 24.3 Å². The topological polar surface area (TPSA) is 44.1 Å². The number of benzene rings is 1. The van der Waals surface area contributed by atoms with Gasteiger partial charge in [-0.05, 0) is 30.5 Å². The lowest BCUT2D eigenvalue weighted by Gasteiger charge is -2.17. The lowest BCUT2D eigenvalue weighted by Crippen LogP contribution is -2.31. The van der Waals surface area contributed by atoms with Crippen molar-refractivity contribution in [2.45, 2.75) is 26.7 Å². The van der Waals surface area contributed by atoms with Gasteiger partial charge in [0, 0.05) is 12.1 Å². The van der Waals surface area contributed by atoms with Gasteiger partial charge in [-0.15, -0.1) is 0 Å². The second-order valence-corrected chi connectivity index (χ2v) is 4.25. The van der Waals surface area contributed by atoms with Crippen molar-refractivity contribution in [2.75, 3.05) is 13.1 Å². The maximum Gasteiger partial charge on any atom is 0.254 e. The lowest BCUT2D eigenvalue weighted by atomic mass is 10.0. The summed E-state index contributed by atoms with van der Waals surface area (Å²) in [7, 11) is 0. The first kappa shape index (κ1) is 13.2. The molecule has 3 nitrogen and oxygen atoms in total. The van der Waals surface area contributed by atoms with E-state index in [1.165, 1.54) is 10.5 Å². The molecule has 1 aromatic carbocycles. The number of hydrogen-bond donors (Lipinski definition) is 0. The summed E-state index contributed by atoms with van der Waals surface area (Å²) in [5.41, 5.74) is 1.86. The van der Waals surface area contributed by atoms with Crippen molar-refractivity contribution in [1.82, 2.24) is 4.90 Å². The number of hydrogen-bond acceptors (Lipinski definition) is 2. The Hall–Kier alpha value is -1.82. The summed E-state index contributed by atoms with van der Waals surface area (Å²) in [6.07, 6.45) is 0. The van der Waals surface area contributed by atoms with E-state index in [0.29, 0.717) is 18.0 Å². The van der Waals surface area contributed by atoms with Crippen molar-refractivity contribution in [1.29, 1.82) is 5.26 Å². The summed E-state index contributed by atoms with van der Waals surface area (Å²) in [4.78, 5) is 13.6. The van der Waals surface area contributed by atoms with E-state index in [9.17, 15) is 4.79 Å². The van der Waals surface area contributed by atoms with Crippen LogP contribution in [0.3, 0.4) is 0 Å². The van der Waals surface area contributed by atoms with Crippen LogP contribution in [0.4, 0.5) is 0 Å². The maximum absolute atomic E-state index is 12.0. The molecule has 0 fully saturated rings. The molecule has 0 heterocycles. The van der Waals surface area contributed by atoms with Gasteiger partial charge < -0.3 is 4.90 Å². The van der Waals surface area contributed by atoms with Gasteiger partial charge in [-0.25, -0.2) is 0 Å². The molecule has 0 aliphatic heterocycles. The molecule has 0 saturated carbocycles. The molecular formula is C14H18N2O. The Bertz CT molecular complexity index is 415. The van der Waals surface area contributed by atoms with Crippen molar-refractivity contribution < 1.29 is 4.79 Å². The molecule has 0 unspecified atom stereocenters. The monoisotopic (exact) mass is 230 g/mol. The fourth-order valence-corrected chi connectivity index (χ4v) is 1.61. The molecule has 17 heavy (non-hydrogen) atoms. The number of nitrogens with zero attached hydrogens (tertiary/aromatic N) is 2. The molecule has 0 bridgehead atoms. The number of nitriles is 1. The van der Waals surface area contributed by atoms with Crippen LogP contribution in [0.1, 0.15) is 42.6 Å². The summed E-state index contributed by atoms with van der Waals surface area (Å²) < 4.78 is 0. The Balaban J connectivity index is 2.86. The summed E-state index contributed by atoms with van der Waals surface area (Å²) >= 11 is 0. The Kier molecular flexibility index (Phi) is 4.71. The second kappa shape index (κ2) is 6.05. The average Bonchev–Trinajstić information content (AvgIpc) is 2.35. The molecule has 0 aromatic heterocycles. The minimum absolute atomic E-state index is 0.0793. The standard InChI is InChI=1S/C14H18N2O/c1-4-16(10-9-15)14(17)13-7-5-12(6-8-13)11(2)3/h5-8,11H,4,10H2,1-3H3. The van der Waals surface area contributed by atoms with E-state index in [0.717, 1.165) is 0 Å². The van der Waals surface area contributed by atoms with E-state index in [2.05, 4.69) is 13.8 Å². The normalized spacial score (nSPS) is 10.1.